The number of nitrogen functional groups attached to an aromatic ring is 1. The van der Waals surface area contributed by atoms with Crippen LogP contribution in [0.25, 0.3) is 0 Å². The van der Waals surface area contributed by atoms with E-state index in [1.165, 1.54) is 12.3 Å². The lowest BCUT2D eigenvalue weighted by Gasteiger charge is -2.02. The summed E-state index contributed by atoms with van der Waals surface area (Å²) >= 11 is 0. The summed E-state index contributed by atoms with van der Waals surface area (Å²) in [4.78, 5) is 14.4. The number of amides is 1. The molecule has 0 unspecified atom stereocenters. The molecule has 0 aromatic carbocycles. The summed E-state index contributed by atoms with van der Waals surface area (Å²) in [5.41, 5.74) is 4.14. The summed E-state index contributed by atoms with van der Waals surface area (Å²) in [6, 6.07) is 3.08. The minimum atomic E-state index is -0.754. The van der Waals surface area contributed by atoms with Gasteiger partial charge in [0.1, 0.15) is 5.82 Å². The van der Waals surface area contributed by atoms with Gasteiger partial charge in [-0.1, -0.05) is 0 Å². The van der Waals surface area contributed by atoms with Crippen molar-refractivity contribution in [1.82, 2.24) is 10.4 Å². The number of nitrogens with one attached hydrogen (secondary N) is 2. The number of carbonyl (C=O) groups excluding carboxylic acids is 1. The van der Waals surface area contributed by atoms with E-state index in [1.807, 2.05) is 5.43 Å². The third kappa shape index (κ3) is 2.58. The molecule has 0 atom stereocenters. The molecule has 1 heterocycles. The number of hydrogen-bond donors (Lipinski definition) is 4. The molecular weight excluding hydrogens is 174 g/mol. The van der Waals surface area contributed by atoms with Gasteiger partial charge in [0.25, 0.3) is 0 Å². The number of nitrogens with zero attached hydrogens (tertiary/aromatic N) is 1. The highest BCUT2D eigenvalue weighted by Crippen LogP contribution is 2.10. The average molecular weight is 183 g/mol. The third-order valence-electron chi connectivity index (χ3n) is 1.21. The molecule has 0 fully saturated rings. The number of rotatable bonds is 2. The number of ether oxygens (including phenoxy) is 1. The summed E-state index contributed by atoms with van der Waals surface area (Å²) in [6.07, 6.45) is 0.583. The van der Waals surface area contributed by atoms with Crippen molar-refractivity contribution in [3.05, 3.63) is 18.3 Å². The molecular formula is C6H9N5O2. The molecule has 6 N–H and O–H groups in total. The molecule has 0 aliphatic heterocycles. The maximum Gasteiger partial charge on any atom is 0.426 e. The highest BCUT2D eigenvalue weighted by molar-refractivity contribution is 5.69. The predicted molar refractivity (Wildman–Crippen MR) is 45.4 cm³/mol. The van der Waals surface area contributed by atoms with Crippen LogP contribution < -0.4 is 27.3 Å². The molecule has 0 radical (unpaired) electrons. The van der Waals surface area contributed by atoms with Gasteiger partial charge in [-0.25, -0.2) is 21.5 Å². The van der Waals surface area contributed by atoms with Crippen molar-refractivity contribution >= 4 is 11.9 Å². The molecule has 0 saturated heterocycles. The molecule has 0 bridgehead atoms. The number of hydrogen-bond acceptors (Lipinski definition) is 6. The Bertz CT molecular complexity index is 286. The van der Waals surface area contributed by atoms with Crippen molar-refractivity contribution < 1.29 is 9.53 Å². The van der Waals surface area contributed by atoms with E-state index in [2.05, 4.69) is 15.1 Å². The summed E-state index contributed by atoms with van der Waals surface area (Å²) in [6.45, 7) is 0. The van der Waals surface area contributed by atoms with Crippen LogP contribution in [0.5, 0.6) is 5.75 Å². The number of hydrazine groups is 2. The molecule has 0 aliphatic carbocycles. The Balaban J connectivity index is 2.64. The van der Waals surface area contributed by atoms with E-state index in [0.717, 1.165) is 0 Å². The van der Waals surface area contributed by atoms with Crippen molar-refractivity contribution in [2.24, 2.45) is 11.7 Å². The van der Waals surface area contributed by atoms with Gasteiger partial charge in [0.05, 0.1) is 6.20 Å². The van der Waals surface area contributed by atoms with Gasteiger partial charge in [-0.15, -0.1) is 0 Å². The van der Waals surface area contributed by atoms with Crippen molar-refractivity contribution in [3.63, 3.8) is 0 Å². The van der Waals surface area contributed by atoms with E-state index in [-0.39, 0.29) is 5.75 Å². The van der Waals surface area contributed by atoms with Crippen LogP contribution in [0.1, 0.15) is 0 Å². The first-order chi connectivity index (χ1) is 6.26. The average Bonchev–Trinajstić information content (AvgIpc) is 2.19. The Kier molecular flexibility index (Phi) is 3.01. The fourth-order valence-electron chi connectivity index (χ4n) is 0.663. The van der Waals surface area contributed by atoms with Gasteiger partial charge >= 0.3 is 6.09 Å². The minimum absolute atomic E-state index is 0.280. The number of aromatic nitrogens is 1. The van der Waals surface area contributed by atoms with E-state index in [9.17, 15) is 4.79 Å². The first-order valence-electron chi connectivity index (χ1n) is 3.37. The standard InChI is InChI=1S/C6H9N5O2/c7-10-5-2-1-4(3-9-5)13-6(12)11-8/h1-3H,7-8H2,(H,9,10)(H,11,12). The van der Waals surface area contributed by atoms with Gasteiger partial charge < -0.3 is 10.2 Å². The van der Waals surface area contributed by atoms with Gasteiger partial charge in [0.15, 0.2) is 5.75 Å². The largest absolute Gasteiger partial charge is 0.426 e. The maximum absolute atomic E-state index is 10.6. The lowest BCUT2D eigenvalue weighted by atomic mass is 10.4. The summed E-state index contributed by atoms with van der Waals surface area (Å²) in [5.74, 6) is 10.6. The molecule has 0 spiro atoms. The maximum atomic E-state index is 10.6. The van der Waals surface area contributed by atoms with E-state index >= 15 is 0 Å². The highest BCUT2D eigenvalue weighted by atomic mass is 16.6. The monoisotopic (exact) mass is 183 g/mol. The second-order valence-corrected chi connectivity index (χ2v) is 2.06. The van der Waals surface area contributed by atoms with Crippen LogP contribution >= 0.6 is 0 Å². The summed E-state index contributed by atoms with van der Waals surface area (Å²) < 4.78 is 4.66. The van der Waals surface area contributed by atoms with Crippen LogP contribution in [0.2, 0.25) is 0 Å². The highest BCUT2D eigenvalue weighted by Gasteiger charge is 2.01. The van der Waals surface area contributed by atoms with Crippen LogP contribution in [0.4, 0.5) is 10.6 Å². The third-order valence-corrected chi connectivity index (χ3v) is 1.21. The Morgan fingerprint density at radius 3 is 2.69 bits per heavy atom. The zero-order chi connectivity index (χ0) is 9.68. The van der Waals surface area contributed by atoms with Gasteiger partial charge in [0.2, 0.25) is 0 Å². The summed E-state index contributed by atoms with van der Waals surface area (Å²) in [7, 11) is 0. The molecule has 1 aromatic heterocycles. The van der Waals surface area contributed by atoms with Gasteiger partial charge in [-0.2, -0.15) is 0 Å². The normalized spacial score (nSPS) is 9.08. The Hall–Kier alpha value is -1.86. The Morgan fingerprint density at radius 1 is 1.46 bits per heavy atom. The molecule has 13 heavy (non-hydrogen) atoms. The van der Waals surface area contributed by atoms with Crippen molar-refractivity contribution in [3.8, 4) is 5.75 Å². The van der Waals surface area contributed by atoms with E-state index in [1.54, 1.807) is 6.07 Å². The fourth-order valence-corrected chi connectivity index (χ4v) is 0.663. The molecule has 70 valence electrons. The van der Waals surface area contributed by atoms with Crippen LogP contribution in [-0.2, 0) is 0 Å². The van der Waals surface area contributed by atoms with E-state index in [4.69, 9.17) is 11.7 Å². The van der Waals surface area contributed by atoms with Crippen molar-refractivity contribution in [2.75, 3.05) is 5.43 Å². The molecule has 1 amide bonds. The summed E-state index contributed by atoms with van der Waals surface area (Å²) in [5, 5.41) is 0. The topological polar surface area (TPSA) is 115 Å². The quantitative estimate of drug-likeness (QED) is 0.274. The zero-order valence-electron chi connectivity index (χ0n) is 6.65. The second-order valence-electron chi connectivity index (χ2n) is 2.06. The van der Waals surface area contributed by atoms with Crippen molar-refractivity contribution in [1.29, 1.82) is 0 Å². The first-order valence-corrected chi connectivity index (χ1v) is 3.37. The van der Waals surface area contributed by atoms with Crippen LogP contribution in [-0.4, -0.2) is 11.1 Å². The second kappa shape index (κ2) is 4.24. The minimum Gasteiger partial charge on any atom is -0.408 e. The van der Waals surface area contributed by atoms with E-state index < -0.39 is 6.09 Å². The first kappa shape index (κ1) is 9.23. The number of carbonyl (C=O) groups is 1. The molecule has 1 rings (SSSR count). The van der Waals surface area contributed by atoms with Gasteiger partial charge in [-0.3, -0.25) is 5.43 Å². The lowest BCUT2D eigenvalue weighted by Crippen LogP contribution is -2.32. The van der Waals surface area contributed by atoms with Crippen LogP contribution in [0.15, 0.2) is 18.3 Å². The SMILES string of the molecule is NNC(=O)Oc1ccc(NN)nc1. The molecule has 7 nitrogen and oxygen atoms in total. The molecule has 0 saturated carbocycles. The molecule has 1 aromatic rings. The predicted octanol–water partition coefficient (Wildman–Crippen LogP) is -0.671. The smallest absolute Gasteiger partial charge is 0.408 e. The lowest BCUT2D eigenvalue weighted by molar-refractivity contribution is 0.200. The van der Waals surface area contributed by atoms with Crippen molar-refractivity contribution in [2.45, 2.75) is 0 Å². The van der Waals surface area contributed by atoms with Crippen LogP contribution in [0.3, 0.4) is 0 Å². The van der Waals surface area contributed by atoms with Gasteiger partial charge in [-0.05, 0) is 12.1 Å². The van der Waals surface area contributed by atoms with Gasteiger partial charge in [0, 0.05) is 0 Å². The number of anilines is 1. The zero-order valence-corrected chi connectivity index (χ0v) is 6.65. The number of nitrogens with two attached hydrogens (primary N) is 2. The van der Waals surface area contributed by atoms with E-state index in [0.29, 0.717) is 5.82 Å². The fraction of sp³-hybridized carbons (Fsp3) is 0. The Labute approximate surface area is 74.0 Å². The molecule has 0 aliphatic rings. The number of pyridine rings is 1. The van der Waals surface area contributed by atoms with Crippen LogP contribution in [0, 0.1) is 0 Å². The Morgan fingerprint density at radius 2 is 2.23 bits per heavy atom. The molecule has 7 heteroatoms.